The van der Waals surface area contributed by atoms with Crippen molar-refractivity contribution in [1.29, 1.82) is 0 Å². The van der Waals surface area contributed by atoms with Crippen LogP contribution < -0.4 is 5.32 Å². The minimum absolute atomic E-state index is 0.0835. The number of nitrogens with zero attached hydrogens (tertiary/aromatic N) is 1. The van der Waals surface area contributed by atoms with Gasteiger partial charge in [0.25, 0.3) is 11.8 Å². The van der Waals surface area contributed by atoms with Gasteiger partial charge in [0.2, 0.25) is 0 Å². The second kappa shape index (κ2) is 13.0. The molecule has 2 aromatic rings. The first-order valence-corrected chi connectivity index (χ1v) is 13.7. The molecule has 1 aliphatic carbocycles. The molecule has 8 heteroatoms. The Morgan fingerprint density at radius 2 is 1.66 bits per heavy atom. The first kappa shape index (κ1) is 27.8. The summed E-state index contributed by atoms with van der Waals surface area (Å²) in [5.41, 5.74) is 2.80. The predicted octanol–water partition coefficient (Wildman–Crippen LogP) is 3.44. The Morgan fingerprint density at radius 3 is 2.37 bits per heavy atom. The molecule has 1 aliphatic heterocycles. The van der Waals surface area contributed by atoms with Crippen LogP contribution in [0.15, 0.2) is 48.5 Å². The van der Waals surface area contributed by atoms with Crippen molar-refractivity contribution in [3.05, 3.63) is 59.7 Å². The molecule has 1 heterocycles. The minimum atomic E-state index is -1.84. The summed E-state index contributed by atoms with van der Waals surface area (Å²) in [6, 6.07) is 14.6. The summed E-state index contributed by atoms with van der Waals surface area (Å²) in [6.07, 6.45) is 3.87. The number of esters is 1. The van der Waals surface area contributed by atoms with Crippen molar-refractivity contribution in [2.45, 2.75) is 76.7 Å². The first-order chi connectivity index (χ1) is 18.4. The molecule has 2 aliphatic rings. The van der Waals surface area contributed by atoms with Gasteiger partial charge >= 0.3 is 5.97 Å². The summed E-state index contributed by atoms with van der Waals surface area (Å²) in [6.45, 7) is 2.72. The summed E-state index contributed by atoms with van der Waals surface area (Å²) < 4.78 is 5.15. The Bertz CT molecular complexity index is 1110. The van der Waals surface area contributed by atoms with Gasteiger partial charge in [-0.15, -0.1) is 0 Å². The lowest BCUT2D eigenvalue weighted by Crippen LogP contribution is -2.52. The average Bonchev–Trinajstić information content (AvgIpc) is 3.46. The number of aliphatic hydroxyl groups is 2. The molecule has 8 nitrogen and oxygen atoms in total. The van der Waals surface area contributed by atoms with Crippen molar-refractivity contribution >= 4 is 17.8 Å². The molecule has 0 bridgehead atoms. The molecular weight excluding hydrogens is 484 g/mol. The van der Waals surface area contributed by atoms with Gasteiger partial charge in [0.1, 0.15) is 0 Å². The highest BCUT2D eigenvalue weighted by Gasteiger charge is 2.40. The van der Waals surface area contributed by atoms with Crippen molar-refractivity contribution < 1.29 is 29.3 Å². The lowest BCUT2D eigenvalue weighted by Gasteiger charge is -2.35. The van der Waals surface area contributed by atoms with Crippen LogP contribution in [0, 0.1) is 5.92 Å². The normalized spacial score (nSPS) is 19.6. The number of hydrogen-bond donors (Lipinski definition) is 3. The van der Waals surface area contributed by atoms with Gasteiger partial charge in [-0.25, -0.2) is 4.79 Å². The Kier molecular flexibility index (Phi) is 9.53. The summed E-state index contributed by atoms with van der Waals surface area (Å²) >= 11 is 0. The highest BCUT2D eigenvalue weighted by Crippen LogP contribution is 2.34. The lowest BCUT2D eigenvalue weighted by atomic mass is 9.83. The molecule has 38 heavy (non-hydrogen) atoms. The van der Waals surface area contributed by atoms with E-state index in [-0.39, 0.29) is 25.2 Å². The van der Waals surface area contributed by atoms with Crippen LogP contribution in [-0.4, -0.2) is 64.3 Å². The molecule has 3 atom stereocenters. The lowest BCUT2D eigenvalue weighted by molar-refractivity contribution is -0.154. The van der Waals surface area contributed by atoms with Crippen molar-refractivity contribution in [1.82, 2.24) is 10.2 Å². The van der Waals surface area contributed by atoms with Crippen LogP contribution in [0.3, 0.4) is 0 Å². The SMILES string of the molecule is CCOC(=O)c1ccccc1-c1ccc(CNC(=O)C(O)C(O)C(=O)N2CCC[C@@H]2C2CCCCC2)cc1. The van der Waals surface area contributed by atoms with Gasteiger partial charge in [-0.1, -0.05) is 61.7 Å². The monoisotopic (exact) mass is 522 g/mol. The van der Waals surface area contributed by atoms with E-state index in [1.807, 2.05) is 36.4 Å². The van der Waals surface area contributed by atoms with Crippen LogP contribution in [0.2, 0.25) is 0 Å². The maximum absolute atomic E-state index is 13.0. The number of amides is 2. The van der Waals surface area contributed by atoms with E-state index in [1.165, 1.54) is 6.42 Å². The number of hydrogen-bond acceptors (Lipinski definition) is 6. The summed E-state index contributed by atoms with van der Waals surface area (Å²) in [5, 5.41) is 23.6. The van der Waals surface area contributed by atoms with Crippen LogP contribution in [-0.2, 0) is 20.9 Å². The van der Waals surface area contributed by atoms with E-state index in [0.29, 0.717) is 18.0 Å². The Hall–Kier alpha value is -3.23. The van der Waals surface area contributed by atoms with Gasteiger partial charge in [0.15, 0.2) is 12.2 Å². The molecule has 2 fully saturated rings. The van der Waals surface area contributed by atoms with Crippen LogP contribution in [0.1, 0.15) is 67.8 Å². The van der Waals surface area contributed by atoms with E-state index < -0.39 is 24.0 Å². The van der Waals surface area contributed by atoms with E-state index in [0.717, 1.165) is 55.2 Å². The maximum atomic E-state index is 13.0. The van der Waals surface area contributed by atoms with Crippen molar-refractivity contribution in [2.75, 3.05) is 13.2 Å². The molecule has 3 N–H and O–H groups in total. The smallest absolute Gasteiger partial charge is 0.338 e. The topological polar surface area (TPSA) is 116 Å². The minimum Gasteiger partial charge on any atom is -0.462 e. The van der Waals surface area contributed by atoms with E-state index in [4.69, 9.17) is 4.74 Å². The van der Waals surface area contributed by atoms with E-state index in [2.05, 4.69) is 5.32 Å². The van der Waals surface area contributed by atoms with E-state index in [9.17, 15) is 24.6 Å². The molecule has 204 valence electrons. The number of nitrogens with one attached hydrogen (secondary N) is 1. The van der Waals surface area contributed by atoms with Crippen molar-refractivity contribution in [3.8, 4) is 11.1 Å². The average molecular weight is 523 g/mol. The number of aliphatic hydroxyl groups excluding tert-OH is 2. The van der Waals surface area contributed by atoms with Crippen LogP contribution in [0.4, 0.5) is 0 Å². The molecule has 0 spiro atoms. The van der Waals surface area contributed by atoms with Gasteiger partial charge in [0.05, 0.1) is 12.2 Å². The Balaban J connectivity index is 1.33. The molecule has 0 radical (unpaired) electrons. The van der Waals surface area contributed by atoms with Gasteiger partial charge in [0, 0.05) is 19.1 Å². The predicted molar refractivity (Wildman–Crippen MR) is 143 cm³/mol. The van der Waals surface area contributed by atoms with Crippen LogP contribution >= 0.6 is 0 Å². The maximum Gasteiger partial charge on any atom is 0.338 e. The molecular formula is C30H38N2O6. The van der Waals surface area contributed by atoms with E-state index in [1.54, 1.807) is 24.0 Å². The number of carbonyl (C=O) groups excluding carboxylic acids is 3. The Morgan fingerprint density at radius 1 is 0.947 bits per heavy atom. The highest BCUT2D eigenvalue weighted by molar-refractivity contribution is 5.97. The molecule has 2 unspecified atom stereocenters. The molecule has 0 aromatic heterocycles. The standard InChI is InChI=1S/C30H38N2O6/c1-2-38-30(37)24-12-7-6-11-23(24)21-16-14-20(15-17-21)19-31-28(35)26(33)27(34)29(36)32-18-8-13-25(32)22-9-4-3-5-10-22/h6-7,11-12,14-17,22,25-27,33-34H,2-5,8-10,13,18-19H2,1H3,(H,31,35)/t25-,26?,27?/m1/s1. The number of rotatable bonds is 9. The van der Waals surface area contributed by atoms with E-state index >= 15 is 0 Å². The summed E-state index contributed by atoms with van der Waals surface area (Å²) in [7, 11) is 0. The molecule has 4 rings (SSSR count). The zero-order valence-electron chi connectivity index (χ0n) is 22.0. The zero-order valence-corrected chi connectivity index (χ0v) is 22.0. The molecule has 1 saturated heterocycles. The summed E-state index contributed by atoms with van der Waals surface area (Å²) in [5.74, 6) is -1.32. The van der Waals surface area contributed by atoms with Crippen LogP contribution in [0.25, 0.3) is 11.1 Å². The molecule has 1 saturated carbocycles. The van der Waals surface area contributed by atoms with Gasteiger partial charge in [-0.3, -0.25) is 9.59 Å². The summed E-state index contributed by atoms with van der Waals surface area (Å²) in [4.78, 5) is 39.6. The molecule has 2 aromatic carbocycles. The first-order valence-electron chi connectivity index (χ1n) is 13.7. The highest BCUT2D eigenvalue weighted by atomic mass is 16.5. The van der Waals surface area contributed by atoms with Gasteiger partial charge in [-0.05, 0) is 61.3 Å². The number of likely N-dealkylation sites (tertiary alicyclic amines) is 1. The second-order valence-corrected chi connectivity index (χ2v) is 10.2. The van der Waals surface area contributed by atoms with Crippen LogP contribution in [0.5, 0.6) is 0 Å². The fraction of sp³-hybridized carbons (Fsp3) is 0.500. The third kappa shape index (κ3) is 6.42. The van der Waals surface area contributed by atoms with Gasteiger partial charge < -0.3 is 25.2 Å². The fourth-order valence-corrected chi connectivity index (χ4v) is 5.74. The van der Waals surface area contributed by atoms with Crippen molar-refractivity contribution in [3.63, 3.8) is 0 Å². The third-order valence-corrected chi connectivity index (χ3v) is 7.75. The largest absolute Gasteiger partial charge is 0.462 e. The number of benzene rings is 2. The molecule has 2 amide bonds. The number of ether oxygens (including phenoxy) is 1. The third-order valence-electron chi connectivity index (χ3n) is 7.75. The Labute approximate surface area is 224 Å². The van der Waals surface area contributed by atoms with Crippen molar-refractivity contribution in [2.24, 2.45) is 5.92 Å². The van der Waals surface area contributed by atoms with Gasteiger partial charge in [-0.2, -0.15) is 0 Å². The second-order valence-electron chi connectivity index (χ2n) is 10.2. The fourth-order valence-electron chi connectivity index (χ4n) is 5.74. The quantitative estimate of drug-likeness (QED) is 0.435. The number of carbonyl (C=O) groups is 3. The zero-order chi connectivity index (χ0) is 27.1.